The van der Waals surface area contributed by atoms with Crippen LogP contribution in [-0.2, 0) is 11.2 Å². The molecule has 0 heterocycles. The van der Waals surface area contributed by atoms with E-state index in [1.54, 1.807) is 7.11 Å². The first-order valence-corrected chi connectivity index (χ1v) is 7.06. The molecule has 1 aromatic rings. The van der Waals surface area contributed by atoms with Crippen molar-refractivity contribution >= 4 is 0 Å². The predicted octanol–water partition coefficient (Wildman–Crippen LogP) is 3.04. The molecule has 2 unspecified atom stereocenters. The quantitative estimate of drug-likeness (QED) is 0.885. The lowest BCUT2D eigenvalue weighted by molar-refractivity contribution is -0.103. The predicted molar refractivity (Wildman–Crippen MR) is 71.7 cm³/mol. The number of methoxy groups -OCH3 is 1. The van der Waals surface area contributed by atoms with E-state index in [0.717, 1.165) is 25.7 Å². The molecule has 0 aromatic heterocycles. The zero-order valence-electron chi connectivity index (χ0n) is 11.1. The first-order chi connectivity index (χ1) is 8.75. The van der Waals surface area contributed by atoms with E-state index in [4.69, 9.17) is 4.74 Å². The third-order valence-electron chi connectivity index (χ3n) is 4.93. The van der Waals surface area contributed by atoms with Crippen LogP contribution in [-0.4, -0.2) is 23.9 Å². The van der Waals surface area contributed by atoms with Crippen LogP contribution in [0.25, 0.3) is 0 Å². The van der Waals surface area contributed by atoms with Crippen LogP contribution in [0.4, 0.5) is 0 Å². The molecule has 0 amide bonds. The van der Waals surface area contributed by atoms with Gasteiger partial charge >= 0.3 is 0 Å². The van der Waals surface area contributed by atoms with E-state index >= 15 is 0 Å². The second kappa shape index (κ2) is 4.67. The van der Waals surface area contributed by atoms with Gasteiger partial charge in [0.25, 0.3) is 0 Å². The highest BCUT2D eigenvalue weighted by Crippen LogP contribution is 2.43. The molecule has 18 heavy (non-hydrogen) atoms. The number of aliphatic hydroxyl groups excluding tert-OH is 1. The molecule has 0 aliphatic heterocycles. The summed E-state index contributed by atoms with van der Waals surface area (Å²) in [6.07, 6.45) is 6.05. The van der Waals surface area contributed by atoms with Crippen molar-refractivity contribution in [3.8, 4) is 0 Å². The van der Waals surface area contributed by atoms with Gasteiger partial charge in [0.05, 0.1) is 11.7 Å². The Balaban J connectivity index is 1.67. The number of ether oxygens (including phenoxy) is 1. The summed E-state index contributed by atoms with van der Waals surface area (Å²) in [5.41, 5.74) is 2.62. The lowest BCUT2D eigenvalue weighted by atomic mass is 9.72. The summed E-state index contributed by atoms with van der Waals surface area (Å²) < 4.78 is 5.67. The van der Waals surface area contributed by atoms with Crippen LogP contribution in [0.2, 0.25) is 0 Å². The van der Waals surface area contributed by atoms with Gasteiger partial charge in [0.15, 0.2) is 0 Å². The van der Waals surface area contributed by atoms with Gasteiger partial charge in [-0.2, -0.15) is 0 Å². The third kappa shape index (κ3) is 1.88. The van der Waals surface area contributed by atoms with Crippen molar-refractivity contribution in [2.75, 3.05) is 7.11 Å². The zero-order chi connectivity index (χ0) is 12.6. The molecule has 1 fully saturated rings. The second-order valence-corrected chi connectivity index (χ2v) is 5.83. The lowest BCUT2D eigenvalue weighted by Crippen LogP contribution is -2.43. The van der Waals surface area contributed by atoms with Crippen LogP contribution in [0.5, 0.6) is 0 Å². The van der Waals surface area contributed by atoms with Crippen LogP contribution >= 0.6 is 0 Å². The minimum Gasteiger partial charge on any atom is -0.390 e. The molecule has 2 heteroatoms. The summed E-state index contributed by atoms with van der Waals surface area (Å²) in [5.74, 6) is 0.531. The first-order valence-electron chi connectivity index (χ1n) is 7.06. The van der Waals surface area contributed by atoms with Gasteiger partial charge in [-0.05, 0) is 42.7 Å². The Morgan fingerprint density at radius 1 is 1.33 bits per heavy atom. The number of hydrogen-bond donors (Lipinski definition) is 1. The Labute approximate surface area is 109 Å². The molecule has 1 N–H and O–H groups in total. The summed E-state index contributed by atoms with van der Waals surface area (Å²) in [7, 11) is 1.75. The second-order valence-electron chi connectivity index (χ2n) is 5.83. The molecular weight excluding hydrogens is 224 g/mol. The Hall–Kier alpha value is -0.860. The molecule has 2 aliphatic rings. The van der Waals surface area contributed by atoms with Crippen molar-refractivity contribution < 1.29 is 9.84 Å². The highest BCUT2D eigenvalue weighted by atomic mass is 16.5. The van der Waals surface area contributed by atoms with E-state index in [1.807, 2.05) is 0 Å². The van der Waals surface area contributed by atoms with Crippen molar-refractivity contribution in [2.24, 2.45) is 0 Å². The van der Waals surface area contributed by atoms with Gasteiger partial charge in [-0.1, -0.05) is 37.1 Å². The van der Waals surface area contributed by atoms with Gasteiger partial charge in [0.2, 0.25) is 0 Å². The number of aliphatic hydroxyl groups is 1. The van der Waals surface area contributed by atoms with Gasteiger partial charge in [-0.25, -0.2) is 0 Å². The highest BCUT2D eigenvalue weighted by molar-refractivity contribution is 5.40. The minimum absolute atomic E-state index is 0.259. The molecule has 98 valence electrons. The first kappa shape index (κ1) is 12.2. The monoisotopic (exact) mass is 246 g/mol. The minimum atomic E-state index is -0.316. The summed E-state index contributed by atoms with van der Waals surface area (Å²) in [4.78, 5) is 0. The van der Waals surface area contributed by atoms with Crippen molar-refractivity contribution in [1.29, 1.82) is 0 Å². The molecule has 1 saturated carbocycles. The average molecular weight is 246 g/mol. The molecule has 2 aliphatic carbocycles. The van der Waals surface area contributed by atoms with Gasteiger partial charge in [0.1, 0.15) is 0 Å². The van der Waals surface area contributed by atoms with Crippen LogP contribution in [0, 0.1) is 0 Å². The number of hydrogen-bond acceptors (Lipinski definition) is 2. The van der Waals surface area contributed by atoms with Crippen molar-refractivity contribution in [3.05, 3.63) is 35.4 Å². The number of benzene rings is 1. The largest absolute Gasteiger partial charge is 0.390 e. The molecule has 0 spiro atoms. The topological polar surface area (TPSA) is 29.5 Å². The van der Waals surface area contributed by atoms with Gasteiger partial charge in [0, 0.05) is 7.11 Å². The van der Waals surface area contributed by atoms with Gasteiger partial charge in [-0.15, -0.1) is 0 Å². The van der Waals surface area contributed by atoms with E-state index in [9.17, 15) is 5.11 Å². The summed E-state index contributed by atoms with van der Waals surface area (Å²) >= 11 is 0. The molecular formula is C16H22O2. The van der Waals surface area contributed by atoms with E-state index in [2.05, 4.69) is 24.3 Å². The molecule has 3 rings (SSSR count). The normalized spacial score (nSPS) is 26.4. The number of fused-ring (bicyclic) bond motifs is 1. The van der Waals surface area contributed by atoms with Gasteiger partial charge < -0.3 is 9.84 Å². The smallest absolute Gasteiger partial charge is 0.0936 e. The van der Waals surface area contributed by atoms with Crippen molar-refractivity contribution in [2.45, 2.75) is 56.1 Å². The SMILES string of the molecule is COC1(C(O)CC2Cc3ccccc32)CCCC1. The Morgan fingerprint density at radius 2 is 2.06 bits per heavy atom. The standard InChI is InChI=1S/C16H22O2/c1-18-16(8-4-5-9-16)15(17)11-13-10-12-6-2-3-7-14(12)13/h2-3,6-7,13,15,17H,4-5,8-11H2,1H3. The summed E-state index contributed by atoms with van der Waals surface area (Å²) in [5, 5.41) is 10.5. The van der Waals surface area contributed by atoms with Crippen LogP contribution in [0.3, 0.4) is 0 Å². The van der Waals surface area contributed by atoms with E-state index in [1.165, 1.54) is 24.0 Å². The fourth-order valence-corrected chi connectivity index (χ4v) is 3.70. The molecule has 0 radical (unpaired) electrons. The van der Waals surface area contributed by atoms with E-state index < -0.39 is 0 Å². The third-order valence-corrected chi connectivity index (χ3v) is 4.93. The van der Waals surface area contributed by atoms with E-state index in [0.29, 0.717) is 5.92 Å². The zero-order valence-corrected chi connectivity index (χ0v) is 11.1. The van der Waals surface area contributed by atoms with Crippen molar-refractivity contribution in [3.63, 3.8) is 0 Å². The van der Waals surface area contributed by atoms with Crippen LogP contribution in [0.1, 0.15) is 49.1 Å². The highest BCUT2D eigenvalue weighted by Gasteiger charge is 2.42. The Bertz CT molecular complexity index is 421. The Kier molecular flexibility index (Phi) is 3.16. The average Bonchev–Trinajstić information content (AvgIpc) is 2.86. The van der Waals surface area contributed by atoms with Gasteiger partial charge in [-0.3, -0.25) is 0 Å². The fourth-order valence-electron chi connectivity index (χ4n) is 3.70. The number of rotatable bonds is 4. The molecule has 0 bridgehead atoms. The summed E-state index contributed by atoms with van der Waals surface area (Å²) in [6.45, 7) is 0. The maximum absolute atomic E-state index is 10.5. The molecule has 2 nitrogen and oxygen atoms in total. The maximum Gasteiger partial charge on any atom is 0.0936 e. The molecule has 1 aromatic carbocycles. The summed E-state index contributed by atoms with van der Waals surface area (Å²) in [6, 6.07) is 8.59. The molecule has 2 atom stereocenters. The molecule has 0 saturated heterocycles. The fraction of sp³-hybridized carbons (Fsp3) is 0.625. The maximum atomic E-state index is 10.5. The lowest BCUT2D eigenvalue weighted by Gasteiger charge is -2.38. The van der Waals surface area contributed by atoms with Crippen LogP contribution in [0.15, 0.2) is 24.3 Å². The van der Waals surface area contributed by atoms with Crippen molar-refractivity contribution in [1.82, 2.24) is 0 Å². The Morgan fingerprint density at radius 3 is 2.72 bits per heavy atom. The van der Waals surface area contributed by atoms with Crippen LogP contribution < -0.4 is 0 Å². The van der Waals surface area contributed by atoms with E-state index in [-0.39, 0.29) is 11.7 Å².